The van der Waals surface area contributed by atoms with Crippen LogP contribution in [-0.4, -0.2) is 48.4 Å². The Kier molecular flexibility index (Phi) is 5.67. The molecule has 0 aliphatic carbocycles. The van der Waals surface area contributed by atoms with E-state index in [1.54, 1.807) is 11.8 Å². The largest absolute Gasteiger partial charge is 0.497 e. The molecule has 1 N–H and O–H groups in total. The first kappa shape index (κ1) is 18.1. The molecule has 3 aromatic rings. The molecular formula is C17H19N5O3S. The molecule has 0 radical (unpaired) electrons. The van der Waals surface area contributed by atoms with Crippen LogP contribution >= 0.6 is 11.8 Å². The number of hydrogen-bond acceptors (Lipinski definition) is 7. The molecule has 0 saturated carbocycles. The Labute approximate surface area is 154 Å². The van der Waals surface area contributed by atoms with Crippen LogP contribution in [0, 0.1) is 0 Å². The highest BCUT2D eigenvalue weighted by molar-refractivity contribution is 8.00. The Bertz CT molecular complexity index is 914. The number of ether oxygens (including phenoxy) is 1. The molecule has 26 heavy (non-hydrogen) atoms. The molecule has 9 heteroatoms. The minimum absolute atomic E-state index is 0.489. The van der Waals surface area contributed by atoms with Crippen molar-refractivity contribution < 1.29 is 14.6 Å². The van der Waals surface area contributed by atoms with E-state index in [-0.39, 0.29) is 0 Å². The molecule has 1 atom stereocenters. The Hall–Kier alpha value is -2.68. The van der Waals surface area contributed by atoms with Crippen molar-refractivity contribution in [3.8, 4) is 11.4 Å². The SMILES string of the molecule is CCCCC(Sc1ncnc2c1nnn2-c1cccc(OC)c1)C(=O)O. The van der Waals surface area contributed by atoms with E-state index in [0.717, 1.165) is 18.5 Å². The van der Waals surface area contributed by atoms with Crippen LogP contribution in [0.25, 0.3) is 16.9 Å². The molecule has 3 rings (SSSR count). The maximum atomic E-state index is 11.5. The predicted octanol–water partition coefficient (Wildman–Crippen LogP) is 2.95. The standard InChI is InChI=1S/C17H19N5O3S/c1-3-4-8-13(17(23)24)26-16-14-15(18-10-19-16)22(21-20-14)11-6-5-7-12(9-11)25-2/h5-7,9-10,13H,3-4,8H2,1-2H3,(H,23,24). The van der Waals surface area contributed by atoms with E-state index in [4.69, 9.17) is 4.74 Å². The van der Waals surface area contributed by atoms with Crippen molar-refractivity contribution in [2.75, 3.05) is 7.11 Å². The van der Waals surface area contributed by atoms with Crippen LogP contribution in [0.1, 0.15) is 26.2 Å². The number of unbranched alkanes of at least 4 members (excludes halogenated alkanes) is 1. The van der Waals surface area contributed by atoms with Gasteiger partial charge in [0.25, 0.3) is 0 Å². The number of carboxylic acids is 1. The van der Waals surface area contributed by atoms with Crippen molar-refractivity contribution in [1.82, 2.24) is 25.0 Å². The lowest BCUT2D eigenvalue weighted by atomic mass is 10.2. The van der Waals surface area contributed by atoms with Crippen molar-refractivity contribution in [3.63, 3.8) is 0 Å². The topological polar surface area (TPSA) is 103 Å². The Morgan fingerprint density at radius 2 is 2.23 bits per heavy atom. The maximum Gasteiger partial charge on any atom is 0.317 e. The van der Waals surface area contributed by atoms with E-state index in [9.17, 15) is 9.90 Å². The quantitative estimate of drug-likeness (QED) is 0.475. The lowest BCUT2D eigenvalue weighted by molar-refractivity contribution is -0.136. The molecule has 0 saturated heterocycles. The fraction of sp³-hybridized carbons (Fsp3) is 0.353. The van der Waals surface area contributed by atoms with Gasteiger partial charge in [0.15, 0.2) is 11.2 Å². The minimum atomic E-state index is -0.851. The summed E-state index contributed by atoms with van der Waals surface area (Å²) < 4.78 is 6.83. The van der Waals surface area contributed by atoms with E-state index >= 15 is 0 Å². The second kappa shape index (κ2) is 8.13. The van der Waals surface area contributed by atoms with Crippen LogP contribution in [0.15, 0.2) is 35.6 Å². The fourth-order valence-electron chi connectivity index (χ4n) is 2.49. The lowest BCUT2D eigenvalue weighted by Gasteiger charge is -2.10. The monoisotopic (exact) mass is 373 g/mol. The van der Waals surface area contributed by atoms with Crippen LogP contribution in [0.5, 0.6) is 5.75 Å². The Morgan fingerprint density at radius 3 is 2.96 bits per heavy atom. The van der Waals surface area contributed by atoms with Gasteiger partial charge < -0.3 is 9.84 Å². The molecular weight excluding hydrogens is 354 g/mol. The molecule has 2 aromatic heterocycles. The molecule has 0 fully saturated rings. The van der Waals surface area contributed by atoms with E-state index in [0.29, 0.717) is 28.4 Å². The first-order valence-electron chi connectivity index (χ1n) is 8.24. The van der Waals surface area contributed by atoms with Crippen molar-refractivity contribution in [2.45, 2.75) is 36.5 Å². The fourth-order valence-corrected chi connectivity index (χ4v) is 3.49. The molecule has 2 heterocycles. The third kappa shape index (κ3) is 3.77. The number of methoxy groups -OCH3 is 1. The van der Waals surface area contributed by atoms with Crippen molar-refractivity contribution in [3.05, 3.63) is 30.6 Å². The Balaban J connectivity index is 1.96. The summed E-state index contributed by atoms with van der Waals surface area (Å²) in [5.41, 5.74) is 1.76. The molecule has 0 aliphatic rings. The number of benzene rings is 1. The number of carbonyl (C=O) groups is 1. The third-order valence-corrected chi connectivity index (χ3v) is 5.10. The number of fused-ring (bicyclic) bond motifs is 1. The van der Waals surface area contributed by atoms with Gasteiger partial charge in [0.2, 0.25) is 0 Å². The number of carboxylic acid groups (broad SMARTS) is 1. The molecule has 1 aromatic carbocycles. The summed E-state index contributed by atoms with van der Waals surface area (Å²) in [6.07, 6.45) is 3.76. The van der Waals surface area contributed by atoms with Gasteiger partial charge in [0, 0.05) is 6.07 Å². The first-order chi connectivity index (χ1) is 12.6. The second-order valence-electron chi connectivity index (χ2n) is 5.64. The molecule has 136 valence electrons. The average molecular weight is 373 g/mol. The van der Waals surface area contributed by atoms with E-state index < -0.39 is 11.2 Å². The smallest absolute Gasteiger partial charge is 0.317 e. The summed E-state index contributed by atoms with van der Waals surface area (Å²) in [6.45, 7) is 2.03. The highest BCUT2D eigenvalue weighted by Crippen LogP contribution is 2.30. The number of hydrogen-bond donors (Lipinski definition) is 1. The van der Waals surface area contributed by atoms with Gasteiger partial charge in [-0.2, -0.15) is 4.68 Å². The van der Waals surface area contributed by atoms with Gasteiger partial charge in [-0.15, -0.1) is 5.10 Å². The third-order valence-electron chi connectivity index (χ3n) is 3.85. The van der Waals surface area contributed by atoms with E-state index in [1.807, 2.05) is 31.2 Å². The summed E-state index contributed by atoms with van der Waals surface area (Å²) in [6, 6.07) is 7.38. The minimum Gasteiger partial charge on any atom is -0.497 e. The number of aromatic nitrogens is 5. The van der Waals surface area contributed by atoms with Gasteiger partial charge in [-0.25, -0.2) is 9.97 Å². The van der Waals surface area contributed by atoms with Gasteiger partial charge in [0.1, 0.15) is 22.4 Å². The molecule has 0 aliphatic heterocycles. The average Bonchev–Trinajstić information content (AvgIpc) is 3.10. The van der Waals surface area contributed by atoms with Crippen LogP contribution in [0.4, 0.5) is 0 Å². The number of thioether (sulfide) groups is 1. The maximum absolute atomic E-state index is 11.5. The number of aliphatic carboxylic acids is 1. The van der Waals surface area contributed by atoms with Gasteiger partial charge >= 0.3 is 5.97 Å². The highest BCUT2D eigenvalue weighted by Gasteiger charge is 2.22. The molecule has 0 bridgehead atoms. The summed E-state index contributed by atoms with van der Waals surface area (Å²) >= 11 is 1.19. The Morgan fingerprint density at radius 1 is 1.38 bits per heavy atom. The highest BCUT2D eigenvalue weighted by atomic mass is 32.2. The second-order valence-corrected chi connectivity index (χ2v) is 6.83. The summed E-state index contributed by atoms with van der Waals surface area (Å²) in [7, 11) is 1.60. The zero-order chi connectivity index (χ0) is 18.5. The molecule has 0 spiro atoms. The van der Waals surface area contributed by atoms with E-state index in [1.165, 1.54) is 18.1 Å². The zero-order valence-corrected chi connectivity index (χ0v) is 15.3. The number of rotatable bonds is 8. The summed E-state index contributed by atoms with van der Waals surface area (Å²) in [5.74, 6) is -0.157. The van der Waals surface area contributed by atoms with Crippen molar-refractivity contribution in [2.24, 2.45) is 0 Å². The van der Waals surface area contributed by atoms with E-state index in [2.05, 4.69) is 20.3 Å². The predicted molar refractivity (Wildman–Crippen MR) is 97.8 cm³/mol. The van der Waals surface area contributed by atoms with Gasteiger partial charge in [-0.3, -0.25) is 4.79 Å². The number of nitrogens with zero attached hydrogens (tertiary/aromatic N) is 5. The van der Waals surface area contributed by atoms with Crippen molar-refractivity contribution in [1.29, 1.82) is 0 Å². The van der Waals surface area contributed by atoms with Gasteiger partial charge in [-0.05, 0) is 18.6 Å². The zero-order valence-electron chi connectivity index (χ0n) is 14.5. The molecule has 0 amide bonds. The first-order valence-corrected chi connectivity index (χ1v) is 9.12. The van der Waals surface area contributed by atoms with Crippen LogP contribution in [0.3, 0.4) is 0 Å². The molecule has 1 unspecified atom stereocenters. The van der Waals surface area contributed by atoms with Crippen LogP contribution < -0.4 is 4.74 Å². The van der Waals surface area contributed by atoms with Crippen LogP contribution in [-0.2, 0) is 4.79 Å². The van der Waals surface area contributed by atoms with Crippen molar-refractivity contribution >= 4 is 28.9 Å². The summed E-state index contributed by atoms with van der Waals surface area (Å²) in [5, 5.41) is 17.7. The summed E-state index contributed by atoms with van der Waals surface area (Å²) in [4.78, 5) is 20.0. The van der Waals surface area contributed by atoms with Crippen LogP contribution in [0.2, 0.25) is 0 Å². The van der Waals surface area contributed by atoms with Gasteiger partial charge in [-0.1, -0.05) is 42.8 Å². The normalized spacial score (nSPS) is 12.2. The van der Waals surface area contributed by atoms with Gasteiger partial charge in [0.05, 0.1) is 12.8 Å². The molecule has 8 nitrogen and oxygen atoms in total. The lowest BCUT2D eigenvalue weighted by Crippen LogP contribution is -2.16.